The van der Waals surface area contributed by atoms with Gasteiger partial charge in [-0.3, -0.25) is 39.5 Å². The summed E-state index contributed by atoms with van der Waals surface area (Å²) in [6.45, 7) is 7.19. The molecular weight excluding hydrogens is 952 g/mol. The fourth-order valence-corrected chi connectivity index (χ4v) is 12.8. The summed E-state index contributed by atoms with van der Waals surface area (Å²) in [4.78, 5) is 57.3. The number of fused-ring (bicyclic) bond motifs is 4. The molecule has 8 aliphatic heterocycles. The van der Waals surface area contributed by atoms with Crippen LogP contribution in [0.3, 0.4) is 0 Å². The second kappa shape index (κ2) is 20.6. The first-order valence-corrected chi connectivity index (χ1v) is 27.0. The average Bonchev–Trinajstić information content (AvgIpc) is 4.28. The molecule has 12 nitrogen and oxygen atoms in total. The van der Waals surface area contributed by atoms with Gasteiger partial charge in [0.05, 0.1) is 46.2 Å². The van der Waals surface area contributed by atoms with Gasteiger partial charge in [0, 0.05) is 122 Å². The molecule has 0 radical (unpaired) electrons. The van der Waals surface area contributed by atoms with Crippen LogP contribution in [0.1, 0.15) is 87.5 Å². The second-order valence-corrected chi connectivity index (χ2v) is 21.4. The maximum absolute atomic E-state index is 12.1. The van der Waals surface area contributed by atoms with Gasteiger partial charge in [0.1, 0.15) is 0 Å². The number of nitrogens with one attached hydrogen (secondary N) is 2. The van der Waals surface area contributed by atoms with Gasteiger partial charge in [-0.1, -0.05) is 36.4 Å². The molecule has 2 N–H and O–H groups in total. The number of nitrogens with zero attached hydrogens (tertiary/aromatic N) is 8. The molecule has 13 heteroatoms. The van der Waals surface area contributed by atoms with Crippen molar-refractivity contribution < 1.29 is 9.59 Å². The van der Waals surface area contributed by atoms with E-state index in [1.54, 1.807) is 13.8 Å². The topological polar surface area (TPSA) is 140 Å². The molecule has 380 valence electrons. The van der Waals surface area contributed by atoms with E-state index in [1.807, 2.05) is 22.2 Å². The quantitative estimate of drug-likeness (QED) is 0.156. The van der Waals surface area contributed by atoms with Gasteiger partial charge >= 0.3 is 0 Å². The summed E-state index contributed by atoms with van der Waals surface area (Å²) in [6.07, 6.45) is 16.4. The molecular formula is C62H63ClN10O2. The summed E-state index contributed by atoms with van der Waals surface area (Å²) in [5, 5.41) is 7.16. The Morgan fingerprint density at radius 2 is 0.800 bits per heavy atom. The van der Waals surface area contributed by atoms with Crippen molar-refractivity contribution in [1.82, 2.24) is 30.4 Å². The first-order chi connectivity index (χ1) is 36.2. The van der Waals surface area contributed by atoms with E-state index in [2.05, 4.69) is 108 Å². The lowest BCUT2D eigenvalue weighted by Crippen LogP contribution is -2.39. The van der Waals surface area contributed by atoms with E-state index in [4.69, 9.17) is 29.9 Å². The highest BCUT2D eigenvalue weighted by atomic mass is 35.5. The summed E-state index contributed by atoms with van der Waals surface area (Å²) in [6, 6.07) is 35.7. The van der Waals surface area contributed by atoms with Crippen molar-refractivity contribution in [3.63, 3.8) is 0 Å². The van der Waals surface area contributed by atoms with E-state index >= 15 is 0 Å². The molecule has 4 atom stereocenters. The van der Waals surface area contributed by atoms with Gasteiger partial charge in [0.15, 0.2) is 0 Å². The number of halogens is 1. The van der Waals surface area contributed by atoms with Crippen molar-refractivity contribution in [1.29, 1.82) is 0 Å². The summed E-state index contributed by atoms with van der Waals surface area (Å²) < 4.78 is 0. The van der Waals surface area contributed by atoms with Gasteiger partial charge in [-0.15, -0.1) is 12.4 Å². The van der Waals surface area contributed by atoms with Gasteiger partial charge in [0.25, 0.3) is 0 Å². The van der Waals surface area contributed by atoms with Crippen LogP contribution in [0.5, 0.6) is 0 Å². The minimum absolute atomic E-state index is 0. The number of amides is 2. The Labute approximate surface area is 445 Å². The monoisotopic (exact) mass is 1010 g/mol. The lowest BCUT2D eigenvalue weighted by Gasteiger charge is -2.23. The van der Waals surface area contributed by atoms with Crippen LogP contribution in [0.25, 0.3) is 44.8 Å². The van der Waals surface area contributed by atoms with E-state index in [9.17, 15) is 9.59 Å². The van der Waals surface area contributed by atoms with Crippen LogP contribution in [0.2, 0.25) is 0 Å². The van der Waals surface area contributed by atoms with Gasteiger partial charge < -0.3 is 20.4 Å². The standard InChI is InChI=1S/C33H33N5O2.C29H29N5.ClH/c1-20(39)37-13-3-5-32(37)30-17-25-15-22(7-11-28(25)35-30)24-9-10-27(34-19-24)23-8-12-29-26(16-23)18-31(36-29)33-6-4-14-38(33)21(2)40;1-3-26(30-11-1)28-15-21-13-18(5-9-24(21)33-28)20-7-8-23(32-17-20)19-6-10-25-22(14-19)16-29(34-25)27-4-2-12-31-27;/h7-12,15-16,19,32-33H,3-6,13-14,17-18H2,1-2H3;5-10,13-14,17,26-27,30-31H,1-4,11-12,15-16H2;1H/t32-,33-;26-,27-;/m00./s1. The lowest BCUT2D eigenvalue weighted by molar-refractivity contribution is -0.129. The lowest BCUT2D eigenvalue weighted by atomic mass is 9.98. The number of carbonyl (C=O) groups excluding carboxylic acids is 2. The van der Waals surface area contributed by atoms with E-state index in [0.717, 1.165) is 151 Å². The molecule has 4 saturated heterocycles. The molecule has 4 fully saturated rings. The molecule has 0 spiro atoms. The number of benzene rings is 4. The second-order valence-electron chi connectivity index (χ2n) is 21.4. The third-order valence-corrected chi connectivity index (χ3v) is 16.7. The first kappa shape index (κ1) is 48.9. The third kappa shape index (κ3) is 9.68. The fraction of sp³-hybridized carbons (Fsp3) is 0.355. The molecule has 6 aromatic rings. The zero-order chi connectivity index (χ0) is 49.9. The average molecular weight is 1020 g/mol. The van der Waals surface area contributed by atoms with Crippen LogP contribution in [-0.2, 0) is 35.3 Å². The highest BCUT2D eigenvalue weighted by molar-refractivity contribution is 6.02. The maximum Gasteiger partial charge on any atom is 0.219 e. The highest BCUT2D eigenvalue weighted by Gasteiger charge is 2.35. The largest absolute Gasteiger partial charge is 0.335 e. The van der Waals surface area contributed by atoms with Gasteiger partial charge in [-0.25, -0.2) is 0 Å². The number of likely N-dealkylation sites (tertiary alicyclic amines) is 2. The Hall–Kier alpha value is -6.99. The van der Waals surface area contributed by atoms with Gasteiger partial charge in [-0.05, 0) is 159 Å². The molecule has 10 heterocycles. The third-order valence-electron chi connectivity index (χ3n) is 16.7. The molecule has 0 aliphatic carbocycles. The highest BCUT2D eigenvalue weighted by Crippen LogP contribution is 2.39. The molecule has 0 bridgehead atoms. The minimum Gasteiger partial charge on any atom is -0.335 e. The fourth-order valence-electron chi connectivity index (χ4n) is 12.8. The normalized spacial score (nSPS) is 21.8. The molecule has 14 rings (SSSR count). The van der Waals surface area contributed by atoms with E-state index < -0.39 is 0 Å². The molecule has 0 unspecified atom stereocenters. The maximum atomic E-state index is 12.1. The van der Waals surface area contributed by atoms with Crippen LogP contribution in [0, 0.1) is 0 Å². The number of aliphatic imine (C=N–C) groups is 4. The van der Waals surface area contributed by atoms with Crippen LogP contribution in [-0.4, -0.2) is 105 Å². The summed E-state index contributed by atoms with van der Waals surface area (Å²) in [7, 11) is 0. The zero-order valence-electron chi connectivity index (χ0n) is 42.8. The Morgan fingerprint density at radius 3 is 1.16 bits per heavy atom. The van der Waals surface area contributed by atoms with E-state index in [0.29, 0.717) is 12.1 Å². The molecule has 0 saturated carbocycles. The molecule has 8 aliphatic rings. The van der Waals surface area contributed by atoms with Crippen LogP contribution < -0.4 is 10.6 Å². The van der Waals surface area contributed by atoms with E-state index in [-0.39, 0.29) is 36.3 Å². The Kier molecular flexibility index (Phi) is 13.4. The molecule has 2 amide bonds. The van der Waals surface area contributed by atoms with Crippen molar-refractivity contribution in [2.24, 2.45) is 20.0 Å². The summed E-state index contributed by atoms with van der Waals surface area (Å²) >= 11 is 0. The predicted octanol–water partition coefficient (Wildman–Crippen LogP) is 11.3. The van der Waals surface area contributed by atoms with Crippen LogP contribution >= 0.6 is 12.4 Å². The number of hydrogen-bond donors (Lipinski definition) is 2. The molecule has 4 aromatic carbocycles. The Bertz CT molecular complexity index is 3130. The Balaban J connectivity index is 0.000000151. The van der Waals surface area contributed by atoms with Crippen molar-refractivity contribution in [2.45, 2.75) is 115 Å². The SMILES string of the molecule is CC(=O)N1CCC[C@H]1C1=Nc2ccc(-c3ccc(-c4ccc5c(c4)CC([C@@H]4CCCN4C(C)=O)=N5)nc3)cc2C1.Cl.c1cc(-c2ccc3c(c2)CC([C@@H]2CCCN2)=N3)ncc1-c1ccc2c(c1)CC([C@@H]1CCCN1)=N2. The van der Waals surface area contributed by atoms with Crippen LogP contribution in [0.15, 0.2) is 129 Å². The minimum atomic E-state index is 0. The van der Waals surface area contributed by atoms with Crippen LogP contribution in [0.4, 0.5) is 22.7 Å². The van der Waals surface area contributed by atoms with Gasteiger partial charge in [-0.2, -0.15) is 0 Å². The van der Waals surface area contributed by atoms with Gasteiger partial charge in [0.2, 0.25) is 11.8 Å². The summed E-state index contributed by atoms with van der Waals surface area (Å²) in [5.74, 6) is 0.272. The van der Waals surface area contributed by atoms with Crippen molar-refractivity contribution in [3.8, 4) is 44.8 Å². The zero-order valence-corrected chi connectivity index (χ0v) is 43.6. The number of hydrogen-bond acceptors (Lipinski definition) is 10. The molecule has 2 aromatic heterocycles. The number of rotatable bonds is 8. The summed E-state index contributed by atoms with van der Waals surface area (Å²) in [5.41, 5.74) is 22.9. The first-order valence-electron chi connectivity index (χ1n) is 27.0. The predicted molar refractivity (Wildman–Crippen MR) is 304 cm³/mol. The van der Waals surface area contributed by atoms with Crippen molar-refractivity contribution in [3.05, 3.63) is 132 Å². The smallest absolute Gasteiger partial charge is 0.219 e. The number of carbonyl (C=O) groups is 2. The Morgan fingerprint density at radius 1 is 0.440 bits per heavy atom. The van der Waals surface area contributed by atoms with E-state index in [1.165, 1.54) is 64.9 Å². The number of aromatic nitrogens is 2. The van der Waals surface area contributed by atoms with Crippen molar-refractivity contribution >= 4 is 69.8 Å². The van der Waals surface area contributed by atoms with Crippen molar-refractivity contribution in [2.75, 3.05) is 26.2 Å². The number of pyridine rings is 2. The molecule has 75 heavy (non-hydrogen) atoms.